The SMILES string of the molecule is O=C(OCl)c1cc2cnccc2o1. The molecule has 0 aliphatic rings. The largest absolute Gasteiger partial charge is 0.449 e. The number of fused-ring (bicyclic) bond motifs is 1. The molecule has 2 rings (SSSR count). The van der Waals surface area contributed by atoms with Crippen molar-refractivity contribution >= 4 is 28.8 Å². The Labute approximate surface area is 78.2 Å². The molecular formula is C8H4ClNO3. The first-order chi connectivity index (χ1) is 6.31. The number of furan rings is 1. The van der Waals surface area contributed by atoms with Crippen LogP contribution in [-0.2, 0) is 4.29 Å². The van der Waals surface area contributed by atoms with Crippen LogP contribution in [0, 0.1) is 0 Å². The third-order valence-electron chi connectivity index (χ3n) is 1.59. The van der Waals surface area contributed by atoms with E-state index >= 15 is 0 Å². The fourth-order valence-corrected chi connectivity index (χ4v) is 1.10. The molecule has 0 saturated carbocycles. The minimum absolute atomic E-state index is 0.0676. The summed E-state index contributed by atoms with van der Waals surface area (Å²) in [5, 5.41) is 0.736. The van der Waals surface area contributed by atoms with Crippen LogP contribution in [0.4, 0.5) is 0 Å². The molecule has 0 spiro atoms. The number of carbonyl (C=O) groups is 1. The number of carbonyl (C=O) groups excluding carboxylic acids is 1. The molecular weight excluding hydrogens is 194 g/mol. The average Bonchev–Trinajstić information content (AvgIpc) is 2.59. The van der Waals surface area contributed by atoms with Gasteiger partial charge in [-0.3, -0.25) is 4.98 Å². The number of halogens is 1. The van der Waals surface area contributed by atoms with E-state index in [1.54, 1.807) is 18.5 Å². The van der Waals surface area contributed by atoms with Crippen LogP contribution in [0.3, 0.4) is 0 Å². The standard InChI is InChI=1S/C8H4ClNO3/c9-13-8(11)7-3-5-4-10-2-1-6(5)12-7/h1-4H. The third-order valence-corrected chi connectivity index (χ3v) is 1.73. The molecule has 13 heavy (non-hydrogen) atoms. The van der Waals surface area contributed by atoms with Gasteiger partial charge in [0, 0.05) is 23.8 Å². The van der Waals surface area contributed by atoms with Crippen molar-refractivity contribution in [1.29, 1.82) is 0 Å². The quantitative estimate of drug-likeness (QED) is 0.703. The minimum Gasteiger partial charge on any atom is -0.449 e. The predicted octanol–water partition coefficient (Wildman–Crippen LogP) is 2.14. The van der Waals surface area contributed by atoms with Gasteiger partial charge in [-0.1, -0.05) is 0 Å². The maximum atomic E-state index is 10.9. The van der Waals surface area contributed by atoms with Crippen molar-refractivity contribution in [3.05, 3.63) is 30.3 Å². The van der Waals surface area contributed by atoms with Crippen molar-refractivity contribution < 1.29 is 13.5 Å². The third kappa shape index (κ3) is 1.36. The molecule has 0 radical (unpaired) electrons. The van der Waals surface area contributed by atoms with E-state index in [0.717, 1.165) is 5.39 Å². The Kier molecular flexibility index (Phi) is 1.90. The number of pyridine rings is 1. The van der Waals surface area contributed by atoms with E-state index in [0.29, 0.717) is 5.58 Å². The molecule has 4 nitrogen and oxygen atoms in total. The fraction of sp³-hybridized carbons (Fsp3) is 0. The summed E-state index contributed by atoms with van der Waals surface area (Å²) >= 11 is 4.89. The van der Waals surface area contributed by atoms with E-state index in [4.69, 9.17) is 16.3 Å². The first kappa shape index (κ1) is 8.07. The molecule has 0 fully saturated rings. The normalized spacial score (nSPS) is 10.2. The van der Waals surface area contributed by atoms with Gasteiger partial charge in [0.05, 0.1) is 0 Å². The maximum Gasteiger partial charge on any atom is 0.392 e. The summed E-state index contributed by atoms with van der Waals surface area (Å²) in [6.07, 6.45) is 3.16. The zero-order chi connectivity index (χ0) is 9.26. The van der Waals surface area contributed by atoms with Gasteiger partial charge in [0.2, 0.25) is 5.76 Å². The van der Waals surface area contributed by atoms with Crippen molar-refractivity contribution in [3.8, 4) is 0 Å². The smallest absolute Gasteiger partial charge is 0.392 e. The monoisotopic (exact) mass is 197 g/mol. The van der Waals surface area contributed by atoms with Crippen molar-refractivity contribution in [2.75, 3.05) is 0 Å². The first-order valence-electron chi connectivity index (χ1n) is 3.48. The van der Waals surface area contributed by atoms with E-state index in [-0.39, 0.29) is 5.76 Å². The Morgan fingerprint density at radius 3 is 3.15 bits per heavy atom. The van der Waals surface area contributed by atoms with Gasteiger partial charge in [0.15, 0.2) is 0 Å². The molecule has 0 N–H and O–H groups in total. The van der Waals surface area contributed by atoms with Crippen molar-refractivity contribution in [2.45, 2.75) is 0 Å². The Morgan fingerprint density at radius 2 is 2.46 bits per heavy atom. The Balaban J connectivity index is 2.56. The van der Waals surface area contributed by atoms with Crippen LogP contribution in [0.1, 0.15) is 10.6 Å². The molecule has 0 atom stereocenters. The highest BCUT2D eigenvalue weighted by molar-refractivity contribution is 6.15. The zero-order valence-electron chi connectivity index (χ0n) is 6.36. The van der Waals surface area contributed by atoms with Gasteiger partial charge >= 0.3 is 5.97 Å². The second kappa shape index (κ2) is 3.06. The number of aromatic nitrogens is 1. The lowest BCUT2D eigenvalue weighted by Gasteiger charge is -1.86. The van der Waals surface area contributed by atoms with Gasteiger partial charge in [-0.25, -0.2) is 4.79 Å². The van der Waals surface area contributed by atoms with E-state index in [1.165, 1.54) is 6.07 Å². The topological polar surface area (TPSA) is 52.3 Å². The molecule has 0 amide bonds. The second-order valence-corrected chi connectivity index (χ2v) is 2.54. The minimum atomic E-state index is -0.710. The van der Waals surface area contributed by atoms with Crippen molar-refractivity contribution in [2.24, 2.45) is 0 Å². The number of nitrogens with zero attached hydrogens (tertiary/aromatic N) is 1. The summed E-state index contributed by atoms with van der Waals surface area (Å²) in [4.78, 5) is 14.8. The summed E-state index contributed by atoms with van der Waals surface area (Å²) < 4.78 is 9.11. The van der Waals surface area contributed by atoms with E-state index < -0.39 is 5.97 Å². The molecule has 0 saturated heterocycles. The Hall–Kier alpha value is -1.55. The summed E-state index contributed by atoms with van der Waals surface area (Å²) in [7, 11) is 0. The van der Waals surface area contributed by atoms with Crippen molar-refractivity contribution in [1.82, 2.24) is 4.98 Å². The summed E-state index contributed by atoms with van der Waals surface area (Å²) in [6.45, 7) is 0. The predicted molar refractivity (Wildman–Crippen MR) is 45.3 cm³/mol. The molecule has 2 aromatic rings. The fourth-order valence-electron chi connectivity index (χ4n) is 1.02. The number of rotatable bonds is 1. The Bertz CT molecular complexity index is 418. The van der Waals surface area contributed by atoms with Gasteiger partial charge in [-0.15, -0.1) is 0 Å². The molecule has 0 bridgehead atoms. The molecule has 0 unspecified atom stereocenters. The highest BCUT2D eigenvalue weighted by atomic mass is 35.5. The molecule has 2 heterocycles. The molecule has 66 valence electrons. The van der Waals surface area contributed by atoms with Crippen molar-refractivity contribution in [3.63, 3.8) is 0 Å². The van der Waals surface area contributed by atoms with Crippen LogP contribution < -0.4 is 0 Å². The lowest BCUT2D eigenvalue weighted by atomic mass is 10.3. The Morgan fingerprint density at radius 1 is 1.62 bits per heavy atom. The summed E-state index contributed by atoms with van der Waals surface area (Å²) in [6, 6.07) is 3.17. The molecule has 2 aromatic heterocycles. The van der Waals surface area contributed by atoms with E-state index in [2.05, 4.69) is 9.27 Å². The van der Waals surface area contributed by atoms with Gasteiger partial charge in [0.25, 0.3) is 0 Å². The molecule has 0 aliphatic heterocycles. The van der Waals surface area contributed by atoms with Gasteiger partial charge < -0.3 is 8.71 Å². The second-order valence-electron chi connectivity index (χ2n) is 2.39. The molecule has 5 heteroatoms. The van der Waals surface area contributed by atoms with Gasteiger partial charge in [-0.2, -0.15) is 0 Å². The lowest BCUT2D eigenvalue weighted by Crippen LogP contribution is -1.94. The summed E-state index contributed by atoms with van der Waals surface area (Å²) in [5.74, 6) is -0.643. The van der Waals surface area contributed by atoms with E-state index in [9.17, 15) is 4.79 Å². The average molecular weight is 198 g/mol. The lowest BCUT2D eigenvalue weighted by molar-refractivity contribution is 0.0720. The highest BCUT2D eigenvalue weighted by Gasteiger charge is 2.12. The highest BCUT2D eigenvalue weighted by Crippen LogP contribution is 2.18. The number of hydrogen-bond donors (Lipinski definition) is 0. The zero-order valence-corrected chi connectivity index (χ0v) is 7.12. The first-order valence-corrected chi connectivity index (χ1v) is 3.78. The van der Waals surface area contributed by atoms with Gasteiger partial charge in [0.1, 0.15) is 17.4 Å². The van der Waals surface area contributed by atoms with Crippen LogP contribution in [-0.4, -0.2) is 11.0 Å². The molecule has 0 aromatic carbocycles. The molecule has 0 aliphatic carbocycles. The van der Waals surface area contributed by atoms with Crippen LogP contribution in [0.15, 0.2) is 28.9 Å². The van der Waals surface area contributed by atoms with E-state index in [1.807, 2.05) is 0 Å². The van der Waals surface area contributed by atoms with Crippen LogP contribution >= 0.6 is 11.9 Å². The van der Waals surface area contributed by atoms with Crippen LogP contribution in [0.2, 0.25) is 0 Å². The van der Waals surface area contributed by atoms with Crippen LogP contribution in [0.5, 0.6) is 0 Å². The summed E-state index contributed by atoms with van der Waals surface area (Å²) in [5.41, 5.74) is 0.576. The van der Waals surface area contributed by atoms with Crippen LogP contribution in [0.25, 0.3) is 11.0 Å². The maximum absolute atomic E-state index is 10.9. The van der Waals surface area contributed by atoms with Gasteiger partial charge in [-0.05, 0) is 6.07 Å². The number of hydrogen-bond acceptors (Lipinski definition) is 4.